The lowest BCUT2D eigenvalue weighted by atomic mass is 10.0. The van der Waals surface area contributed by atoms with E-state index in [2.05, 4.69) is 77.2 Å². The summed E-state index contributed by atoms with van der Waals surface area (Å²) in [6.45, 7) is 0. The van der Waals surface area contributed by atoms with Crippen molar-refractivity contribution in [3.05, 3.63) is 145 Å². The fourth-order valence-electron chi connectivity index (χ4n) is 7.45. The lowest BCUT2D eigenvalue weighted by Crippen LogP contribution is -2.04. The molecule has 3 heterocycles. The highest BCUT2D eigenvalue weighted by Gasteiger charge is 2.30. The summed E-state index contributed by atoms with van der Waals surface area (Å²) in [7, 11) is 0. The molecule has 0 aliphatic rings. The van der Waals surface area contributed by atoms with Crippen LogP contribution in [0.3, 0.4) is 0 Å². The highest BCUT2D eigenvalue weighted by Crippen LogP contribution is 2.41. The van der Waals surface area contributed by atoms with Crippen LogP contribution in [0.4, 0.5) is 13.2 Å². The summed E-state index contributed by atoms with van der Waals surface area (Å²) in [6.07, 6.45) is -4.43. The van der Waals surface area contributed by atoms with Crippen molar-refractivity contribution in [3.63, 3.8) is 0 Å². The van der Waals surface area contributed by atoms with Gasteiger partial charge in [-0.2, -0.15) is 13.2 Å². The molecule has 0 N–H and O–H groups in total. The second kappa shape index (κ2) is 9.69. The number of aromatic nitrogens is 2. The third-order valence-electron chi connectivity index (χ3n) is 9.57. The van der Waals surface area contributed by atoms with Gasteiger partial charge in [-0.25, -0.2) is 4.98 Å². The van der Waals surface area contributed by atoms with E-state index in [4.69, 9.17) is 9.40 Å². The van der Waals surface area contributed by atoms with Gasteiger partial charge in [0.05, 0.1) is 27.7 Å². The summed E-state index contributed by atoms with van der Waals surface area (Å²) in [5.41, 5.74) is 4.08. The van der Waals surface area contributed by atoms with E-state index in [0.717, 1.165) is 77.1 Å². The molecule has 10 aromatic rings. The van der Waals surface area contributed by atoms with E-state index in [-0.39, 0.29) is 0 Å². The van der Waals surface area contributed by atoms with Crippen LogP contribution in [0.15, 0.2) is 144 Å². The van der Waals surface area contributed by atoms with Gasteiger partial charge in [-0.1, -0.05) is 97.1 Å². The third kappa shape index (κ3) is 3.80. The summed E-state index contributed by atoms with van der Waals surface area (Å²) in [5.74, 6) is 0.718. The Kier molecular flexibility index (Phi) is 5.45. The van der Waals surface area contributed by atoms with Gasteiger partial charge in [-0.05, 0) is 74.8 Å². The molecule has 0 aliphatic heterocycles. The largest absolute Gasteiger partial charge is 0.455 e. The highest BCUT2D eigenvalue weighted by molar-refractivity contribution is 6.21. The van der Waals surface area contributed by atoms with Crippen LogP contribution in [-0.2, 0) is 6.18 Å². The molecule has 7 aromatic carbocycles. The number of imidazole rings is 1. The van der Waals surface area contributed by atoms with Gasteiger partial charge in [0.1, 0.15) is 17.0 Å². The first-order valence-corrected chi connectivity index (χ1v) is 15.7. The minimum absolute atomic E-state index is 0.472. The Morgan fingerprint density at radius 2 is 1.15 bits per heavy atom. The normalized spacial score (nSPS) is 12.5. The number of hydrogen-bond donors (Lipinski definition) is 0. The molecular weight excluding hydrogens is 605 g/mol. The van der Waals surface area contributed by atoms with Crippen LogP contribution in [0.1, 0.15) is 5.56 Å². The molecule has 0 spiro atoms. The Hall–Kier alpha value is -6.14. The molecule has 10 rings (SSSR count). The van der Waals surface area contributed by atoms with Crippen molar-refractivity contribution >= 4 is 81.6 Å². The van der Waals surface area contributed by atoms with Crippen molar-refractivity contribution in [2.24, 2.45) is 0 Å². The zero-order valence-corrected chi connectivity index (χ0v) is 25.2. The second-order valence-corrected chi connectivity index (χ2v) is 12.2. The lowest BCUT2D eigenvalue weighted by Gasteiger charge is -2.07. The van der Waals surface area contributed by atoms with E-state index in [0.29, 0.717) is 21.9 Å². The monoisotopic (exact) mass is 628 g/mol. The van der Waals surface area contributed by atoms with Gasteiger partial charge >= 0.3 is 6.18 Å². The molecule has 48 heavy (non-hydrogen) atoms. The van der Waals surface area contributed by atoms with Crippen LogP contribution in [0.25, 0.3) is 93.0 Å². The molecule has 3 aromatic heterocycles. The first-order chi connectivity index (χ1) is 23.4. The maximum absolute atomic E-state index is 13.5. The highest BCUT2D eigenvalue weighted by atomic mass is 19.4. The van der Waals surface area contributed by atoms with Crippen LogP contribution in [0.5, 0.6) is 0 Å². The Morgan fingerprint density at radius 3 is 1.90 bits per heavy atom. The minimum Gasteiger partial charge on any atom is -0.455 e. The molecule has 0 fully saturated rings. The van der Waals surface area contributed by atoms with Gasteiger partial charge in [-0.15, -0.1) is 0 Å². The Morgan fingerprint density at radius 1 is 0.521 bits per heavy atom. The predicted molar refractivity (Wildman–Crippen MR) is 189 cm³/mol. The van der Waals surface area contributed by atoms with E-state index in [9.17, 15) is 13.2 Å². The molecule has 0 radical (unpaired) electrons. The molecule has 0 saturated heterocycles. The van der Waals surface area contributed by atoms with E-state index < -0.39 is 11.7 Å². The van der Waals surface area contributed by atoms with Gasteiger partial charge in [-0.3, -0.25) is 4.40 Å². The van der Waals surface area contributed by atoms with E-state index >= 15 is 0 Å². The summed E-state index contributed by atoms with van der Waals surface area (Å²) in [6, 6.07) is 45.1. The average Bonchev–Trinajstić information content (AvgIpc) is 3.69. The van der Waals surface area contributed by atoms with E-state index in [1.54, 1.807) is 6.07 Å². The Bertz CT molecular complexity index is 3010. The average molecular weight is 629 g/mol. The second-order valence-electron chi connectivity index (χ2n) is 12.2. The predicted octanol–water partition coefficient (Wildman–Crippen LogP) is 12.2. The summed E-state index contributed by atoms with van der Waals surface area (Å²) in [4.78, 5) is 5.29. The van der Waals surface area contributed by atoms with Crippen molar-refractivity contribution in [2.45, 2.75) is 6.18 Å². The zero-order valence-electron chi connectivity index (χ0n) is 25.2. The van der Waals surface area contributed by atoms with Crippen LogP contribution in [0.2, 0.25) is 0 Å². The van der Waals surface area contributed by atoms with Gasteiger partial charge in [0.15, 0.2) is 0 Å². The van der Waals surface area contributed by atoms with Crippen molar-refractivity contribution in [1.82, 2.24) is 9.38 Å². The standard InChI is InChI=1S/C42H23F3N2O/c43-42(44,45)26-20-19-24-22-35-33-15-7-16-34(40(33)48-38(35)23-25(24)21-26)41-46-36-17-8-14-32-30-12-4-2-10-28(30)27-9-1-3-11-29(27)31-13-5-6-18-37(31)47(41)39(32)36/h1-23H. The molecule has 228 valence electrons. The maximum Gasteiger partial charge on any atom is 0.416 e. The van der Waals surface area contributed by atoms with E-state index in [1.807, 2.05) is 42.5 Å². The van der Waals surface area contributed by atoms with Gasteiger partial charge < -0.3 is 4.42 Å². The fraction of sp³-hybridized carbons (Fsp3) is 0.0238. The van der Waals surface area contributed by atoms with Crippen LogP contribution in [-0.4, -0.2) is 9.38 Å². The van der Waals surface area contributed by atoms with Crippen molar-refractivity contribution < 1.29 is 17.6 Å². The molecule has 0 unspecified atom stereocenters. The zero-order chi connectivity index (χ0) is 32.1. The number of nitrogens with zero attached hydrogens (tertiary/aromatic N) is 2. The number of fused-ring (bicyclic) bond motifs is 11. The van der Waals surface area contributed by atoms with Crippen LogP contribution >= 0.6 is 0 Å². The quantitative estimate of drug-likeness (QED) is 0.181. The SMILES string of the molecule is FC(F)(F)c1ccc2cc3c(cc2c1)oc1c(-c2nc4cccc5c6ccccc6c6ccccc6c6ccccc6n2c45)cccc13. The lowest BCUT2D eigenvalue weighted by molar-refractivity contribution is -0.137. The molecule has 6 heteroatoms. The summed E-state index contributed by atoms with van der Waals surface area (Å²) >= 11 is 0. The minimum atomic E-state index is -4.43. The number of benzene rings is 7. The van der Waals surface area contributed by atoms with E-state index in [1.165, 1.54) is 12.1 Å². The van der Waals surface area contributed by atoms with Crippen molar-refractivity contribution in [3.8, 4) is 11.4 Å². The Labute approximate surface area is 270 Å². The number of hydrogen-bond acceptors (Lipinski definition) is 2. The van der Waals surface area contributed by atoms with Gasteiger partial charge in [0, 0.05) is 21.5 Å². The molecule has 0 bridgehead atoms. The molecular formula is C42H23F3N2O. The third-order valence-corrected chi connectivity index (χ3v) is 9.57. The summed E-state index contributed by atoms with van der Waals surface area (Å²) < 4.78 is 49.4. The number of furan rings is 1. The molecule has 0 aliphatic carbocycles. The van der Waals surface area contributed by atoms with Crippen molar-refractivity contribution in [1.29, 1.82) is 0 Å². The summed E-state index contributed by atoms with van der Waals surface area (Å²) in [5, 5.41) is 9.56. The number of rotatable bonds is 1. The Balaban J connectivity index is 1.39. The smallest absolute Gasteiger partial charge is 0.416 e. The van der Waals surface area contributed by atoms with Crippen molar-refractivity contribution in [2.75, 3.05) is 0 Å². The van der Waals surface area contributed by atoms with Crippen LogP contribution in [0, 0.1) is 0 Å². The first kappa shape index (κ1) is 27.0. The first-order valence-electron chi connectivity index (χ1n) is 15.7. The molecule has 0 amide bonds. The van der Waals surface area contributed by atoms with Gasteiger partial charge in [0.2, 0.25) is 0 Å². The molecule has 0 saturated carbocycles. The molecule has 0 atom stereocenters. The number of para-hydroxylation sites is 3. The topological polar surface area (TPSA) is 30.4 Å². The number of halogens is 3. The van der Waals surface area contributed by atoms with Crippen LogP contribution < -0.4 is 0 Å². The maximum atomic E-state index is 13.5. The molecule has 3 nitrogen and oxygen atoms in total. The van der Waals surface area contributed by atoms with Gasteiger partial charge in [0.25, 0.3) is 0 Å². The fourth-order valence-corrected chi connectivity index (χ4v) is 7.45. The number of alkyl halides is 3.